The number of rotatable bonds is 5. The molecule has 0 bridgehead atoms. The van der Waals surface area contributed by atoms with Crippen LogP contribution in [-0.2, 0) is 12.2 Å². The number of thioether (sulfide) groups is 1. The molecule has 1 aromatic rings. The lowest BCUT2D eigenvalue weighted by atomic mass is 10.1. The van der Waals surface area contributed by atoms with Crippen LogP contribution in [0.3, 0.4) is 0 Å². The molecule has 4 nitrogen and oxygen atoms in total. The highest BCUT2D eigenvalue weighted by molar-refractivity contribution is 7.97. The second-order valence-electron chi connectivity index (χ2n) is 3.21. The van der Waals surface area contributed by atoms with Gasteiger partial charge in [-0.15, -0.1) is 0 Å². The van der Waals surface area contributed by atoms with Crippen LogP contribution in [0, 0.1) is 17.2 Å². The van der Waals surface area contributed by atoms with Crippen molar-refractivity contribution in [3.63, 3.8) is 0 Å². The minimum atomic E-state index is 0.280. The van der Waals surface area contributed by atoms with E-state index < -0.39 is 0 Å². The highest BCUT2D eigenvalue weighted by Gasteiger charge is 2.10. The lowest BCUT2D eigenvalue weighted by molar-refractivity contribution is 0.356. The maximum atomic E-state index is 8.48. The molecule has 1 heterocycles. The molecular weight excluding hydrogens is 198 g/mol. The number of hydrogen-bond acceptors (Lipinski definition) is 5. The number of nitriles is 1. The average Bonchev–Trinajstić information content (AvgIpc) is 2.53. The van der Waals surface area contributed by atoms with Gasteiger partial charge in [-0.25, -0.2) is 0 Å². The molecular formula is C9H13N3OS. The maximum absolute atomic E-state index is 8.48. The lowest BCUT2D eigenvalue weighted by Gasteiger charge is -2.00. The summed E-state index contributed by atoms with van der Waals surface area (Å²) in [7, 11) is 0. The monoisotopic (exact) mass is 211 g/mol. The maximum Gasteiger partial charge on any atom is 0.226 e. The molecule has 0 fully saturated rings. The molecule has 5 heteroatoms. The minimum absolute atomic E-state index is 0.280. The summed E-state index contributed by atoms with van der Waals surface area (Å²) in [4.78, 5) is 4.21. The summed E-state index contributed by atoms with van der Waals surface area (Å²) in [5.41, 5.74) is 0. The molecule has 1 atom stereocenters. The van der Waals surface area contributed by atoms with Gasteiger partial charge in [-0.05, 0) is 12.2 Å². The van der Waals surface area contributed by atoms with Gasteiger partial charge in [0.05, 0.1) is 11.8 Å². The first-order valence-corrected chi connectivity index (χ1v) is 5.83. The summed E-state index contributed by atoms with van der Waals surface area (Å²) in [6.07, 6.45) is 3.21. The Morgan fingerprint density at radius 3 is 3.07 bits per heavy atom. The quantitative estimate of drug-likeness (QED) is 0.745. The molecule has 0 aliphatic rings. The van der Waals surface area contributed by atoms with Gasteiger partial charge in [-0.2, -0.15) is 22.0 Å². The van der Waals surface area contributed by atoms with Crippen molar-refractivity contribution in [1.82, 2.24) is 10.1 Å². The van der Waals surface area contributed by atoms with Crippen LogP contribution < -0.4 is 0 Å². The Hall–Kier alpha value is -1.02. The smallest absolute Gasteiger partial charge is 0.226 e. The third-order valence-electron chi connectivity index (χ3n) is 1.75. The van der Waals surface area contributed by atoms with Crippen LogP contribution in [-0.4, -0.2) is 16.4 Å². The molecule has 1 unspecified atom stereocenters. The molecule has 0 aliphatic heterocycles. The Balaban J connectivity index is 2.47. The van der Waals surface area contributed by atoms with Gasteiger partial charge in [0.1, 0.15) is 0 Å². The fourth-order valence-corrected chi connectivity index (χ4v) is 1.46. The first-order chi connectivity index (χ1) is 6.76. The standard InChI is InChI=1S/C9H13N3OS/c1-7(3-4-10)5-9-11-8(6-14-2)12-13-9/h7H,3,5-6H2,1-2H3. The van der Waals surface area contributed by atoms with Crippen molar-refractivity contribution in [3.8, 4) is 6.07 Å². The zero-order valence-electron chi connectivity index (χ0n) is 8.36. The van der Waals surface area contributed by atoms with Gasteiger partial charge in [0.25, 0.3) is 0 Å². The number of hydrogen-bond donors (Lipinski definition) is 0. The van der Waals surface area contributed by atoms with E-state index in [1.807, 2.05) is 13.2 Å². The molecule has 0 N–H and O–H groups in total. The van der Waals surface area contributed by atoms with Crippen molar-refractivity contribution in [3.05, 3.63) is 11.7 Å². The van der Waals surface area contributed by atoms with E-state index in [9.17, 15) is 0 Å². The Labute approximate surface area is 87.7 Å². The van der Waals surface area contributed by atoms with Gasteiger partial charge in [0.15, 0.2) is 5.82 Å². The van der Waals surface area contributed by atoms with Crippen LogP contribution >= 0.6 is 11.8 Å². The summed E-state index contributed by atoms with van der Waals surface area (Å²) < 4.78 is 5.05. The van der Waals surface area contributed by atoms with Crippen LogP contribution in [0.4, 0.5) is 0 Å². The Morgan fingerprint density at radius 1 is 1.64 bits per heavy atom. The van der Waals surface area contributed by atoms with Crippen molar-refractivity contribution >= 4 is 11.8 Å². The highest BCUT2D eigenvalue weighted by Crippen LogP contribution is 2.11. The second kappa shape index (κ2) is 5.66. The third-order valence-corrected chi connectivity index (χ3v) is 2.29. The number of aromatic nitrogens is 2. The first-order valence-electron chi connectivity index (χ1n) is 4.43. The van der Waals surface area contributed by atoms with Crippen molar-refractivity contribution in [2.75, 3.05) is 6.26 Å². The molecule has 0 radical (unpaired) electrons. The topological polar surface area (TPSA) is 62.7 Å². The van der Waals surface area contributed by atoms with Crippen LogP contribution in [0.5, 0.6) is 0 Å². The Kier molecular flexibility index (Phi) is 4.47. The van der Waals surface area contributed by atoms with Gasteiger partial charge < -0.3 is 4.52 Å². The van der Waals surface area contributed by atoms with Gasteiger partial charge >= 0.3 is 0 Å². The molecule has 76 valence electrons. The fourth-order valence-electron chi connectivity index (χ4n) is 1.09. The molecule has 14 heavy (non-hydrogen) atoms. The van der Waals surface area contributed by atoms with Crippen molar-refractivity contribution in [2.24, 2.45) is 5.92 Å². The van der Waals surface area contributed by atoms with Crippen LogP contribution in [0.15, 0.2) is 4.52 Å². The third kappa shape index (κ3) is 3.38. The van der Waals surface area contributed by atoms with Gasteiger partial charge in [0.2, 0.25) is 5.89 Å². The van der Waals surface area contributed by atoms with Crippen LogP contribution in [0.2, 0.25) is 0 Å². The molecule has 0 spiro atoms. The van der Waals surface area contributed by atoms with E-state index in [4.69, 9.17) is 9.78 Å². The summed E-state index contributed by atoms with van der Waals surface area (Å²) in [6.45, 7) is 2.00. The average molecular weight is 211 g/mol. The summed E-state index contributed by atoms with van der Waals surface area (Å²) >= 11 is 1.66. The molecule has 0 aromatic carbocycles. The summed E-state index contributed by atoms with van der Waals surface area (Å²) in [5.74, 6) is 2.42. The zero-order chi connectivity index (χ0) is 10.4. The molecule has 0 aliphatic carbocycles. The zero-order valence-corrected chi connectivity index (χ0v) is 9.17. The van der Waals surface area contributed by atoms with Gasteiger partial charge in [-0.1, -0.05) is 12.1 Å². The normalized spacial score (nSPS) is 12.4. The van der Waals surface area contributed by atoms with Crippen molar-refractivity contribution < 1.29 is 4.52 Å². The van der Waals surface area contributed by atoms with E-state index >= 15 is 0 Å². The SMILES string of the molecule is CSCc1noc(CC(C)CC#N)n1. The fraction of sp³-hybridized carbons (Fsp3) is 0.667. The Morgan fingerprint density at radius 2 is 2.43 bits per heavy atom. The number of nitrogens with zero attached hydrogens (tertiary/aromatic N) is 3. The van der Waals surface area contributed by atoms with E-state index in [2.05, 4.69) is 16.2 Å². The largest absolute Gasteiger partial charge is 0.339 e. The molecule has 0 amide bonds. The predicted molar refractivity (Wildman–Crippen MR) is 54.6 cm³/mol. The van der Waals surface area contributed by atoms with Crippen molar-refractivity contribution in [2.45, 2.75) is 25.5 Å². The van der Waals surface area contributed by atoms with Crippen molar-refractivity contribution in [1.29, 1.82) is 5.26 Å². The van der Waals surface area contributed by atoms with E-state index in [-0.39, 0.29) is 5.92 Å². The van der Waals surface area contributed by atoms with Crippen LogP contribution in [0.1, 0.15) is 25.1 Å². The summed E-state index contributed by atoms with van der Waals surface area (Å²) in [5, 5.41) is 12.3. The highest BCUT2D eigenvalue weighted by atomic mass is 32.2. The minimum Gasteiger partial charge on any atom is -0.339 e. The van der Waals surface area contributed by atoms with Crippen LogP contribution in [0.25, 0.3) is 0 Å². The molecule has 0 saturated carbocycles. The summed E-state index contributed by atoms with van der Waals surface area (Å²) in [6, 6.07) is 2.13. The molecule has 0 saturated heterocycles. The Bertz CT molecular complexity index is 318. The van der Waals surface area contributed by atoms with E-state index in [0.717, 1.165) is 11.6 Å². The lowest BCUT2D eigenvalue weighted by Crippen LogP contribution is -1.98. The first kappa shape index (κ1) is 11.1. The van der Waals surface area contributed by atoms with E-state index in [0.29, 0.717) is 18.7 Å². The van der Waals surface area contributed by atoms with E-state index in [1.54, 1.807) is 11.8 Å². The second-order valence-corrected chi connectivity index (χ2v) is 4.07. The van der Waals surface area contributed by atoms with E-state index in [1.165, 1.54) is 0 Å². The predicted octanol–water partition coefficient (Wildman–Crippen LogP) is 2.02. The molecule has 1 aromatic heterocycles. The van der Waals surface area contributed by atoms with Gasteiger partial charge in [0, 0.05) is 12.8 Å². The molecule has 1 rings (SSSR count). The van der Waals surface area contributed by atoms with Gasteiger partial charge in [-0.3, -0.25) is 0 Å².